The fraction of sp³-hybridized carbons (Fsp3) is 0.467. The van der Waals surface area contributed by atoms with Gasteiger partial charge in [0.15, 0.2) is 0 Å². The highest BCUT2D eigenvalue weighted by molar-refractivity contribution is 6.30. The van der Waals surface area contributed by atoms with Gasteiger partial charge in [0, 0.05) is 11.0 Å². The van der Waals surface area contributed by atoms with Gasteiger partial charge >= 0.3 is 0 Å². The van der Waals surface area contributed by atoms with Gasteiger partial charge in [-0.2, -0.15) is 0 Å². The van der Waals surface area contributed by atoms with Crippen molar-refractivity contribution < 1.29 is 4.42 Å². The first-order valence-electron chi connectivity index (χ1n) is 6.63. The van der Waals surface area contributed by atoms with Crippen LogP contribution in [0.2, 0.25) is 5.15 Å². The van der Waals surface area contributed by atoms with Gasteiger partial charge in [-0.25, -0.2) is 9.97 Å². The van der Waals surface area contributed by atoms with Crippen LogP contribution in [-0.2, 0) is 5.41 Å². The Morgan fingerprint density at radius 1 is 1.30 bits per heavy atom. The molecule has 2 rings (SSSR count). The van der Waals surface area contributed by atoms with E-state index in [1.165, 1.54) is 0 Å². The Kier molecular flexibility index (Phi) is 4.04. The second kappa shape index (κ2) is 5.44. The van der Waals surface area contributed by atoms with Crippen molar-refractivity contribution in [3.8, 4) is 0 Å². The van der Waals surface area contributed by atoms with Crippen molar-refractivity contribution in [1.82, 2.24) is 9.97 Å². The number of nitrogens with zero attached hydrogens (tertiary/aromatic N) is 2. The molecule has 0 aliphatic rings. The molecule has 0 aliphatic heterocycles. The van der Waals surface area contributed by atoms with E-state index in [1.807, 2.05) is 26.0 Å². The summed E-state index contributed by atoms with van der Waals surface area (Å²) in [6, 6.07) is 3.82. The molecule has 0 aliphatic carbocycles. The van der Waals surface area contributed by atoms with Crippen LogP contribution in [0.4, 0.5) is 5.82 Å². The number of furan rings is 1. The maximum atomic E-state index is 6.22. The molecule has 0 radical (unpaired) electrons. The van der Waals surface area contributed by atoms with E-state index < -0.39 is 0 Å². The number of halogens is 1. The average molecular weight is 294 g/mol. The molecule has 108 valence electrons. The lowest BCUT2D eigenvalue weighted by atomic mass is 9.95. The second-order valence-corrected chi connectivity index (χ2v) is 6.30. The minimum Gasteiger partial charge on any atom is -0.467 e. The summed E-state index contributed by atoms with van der Waals surface area (Å²) < 4.78 is 5.40. The van der Waals surface area contributed by atoms with Gasteiger partial charge in [-0.1, -0.05) is 32.4 Å². The molecule has 2 heterocycles. The number of hydrogen-bond acceptors (Lipinski definition) is 4. The number of nitrogens with one attached hydrogen (secondary N) is 1. The van der Waals surface area contributed by atoms with E-state index in [0.717, 1.165) is 23.0 Å². The molecular weight excluding hydrogens is 274 g/mol. The maximum absolute atomic E-state index is 6.22. The van der Waals surface area contributed by atoms with Gasteiger partial charge in [-0.05, 0) is 26.0 Å². The summed E-state index contributed by atoms with van der Waals surface area (Å²) in [5, 5.41) is 3.82. The van der Waals surface area contributed by atoms with Gasteiger partial charge in [0.25, 0.3) is 0 Å². The predicted molar refractivity (Wildman–Crippen MR) is 81.2 cm³/mol. The molecule has 0 aromatic carbocycles. The van der Waals surface area contributed by atoms with Crippen LogP contribution in [0.1, 0.15) is 50.9 Å². The van der Waals surface area contributed by atoms with Crippen LogP contribution in [-0.4, -0.2) is 9.97 Å². The lowest BCUT2D eigenvalue weighted by Crippen LogP contribution is -2.19. The molecule has 0 bridgehead atoms. The van der Waals surface area contributed by atoms with E-state index in [0.29, 0.717) is 5.15 Å². The normalized spacial score (nSPS) is 13.3. The van der Waals surface area contributed by atoms with Crippen molar-refractivity contribution in [2.45, 2.75) is 46.1 Å². The van der Waals surface area contributed by atoms with Crippen LogP contribution < -0.4 is 5.32 Å². The Bertz CT molecular complexity index is 588. The average Bonchev–Trinajstić information content (AvgIpc) is 2.87. The Morgan fingerprint density at radius 2 is 2.00 bits per heavy atom. The molecule has 5 heteroatoms. The number of rotatable bonds is 3. The van der Waals surface area contributed by atoms with E-state index >= 15 is 0 Å². The standard InChI is InChI=1S/C15H20ClN3O/c1-9-12(16)18-14(15(3,4)5)19-13(9)17-10(2)11-7-6-8-20-11/h6-8,10H,1-5H3,(H,17,18,19). The highest BCUT2D eigenvalue weighted by Gasteiger charge is 2.21. The van der Waals surface area contributed by atoms with E-state index in [-0.39, 0.29) is 11.5 Å². The van der Waals surface area contributed by atoms with Gasteiger partial charge < -0.3 is 9.73 Å². The summed E-state index contributed by atoms with van der Waals surface area (Å²) in [6.07, 6.45) is 1.66. The SMILES string of the molecule is Cc1c(Cl)nc(C(C)(C)C)nc1NC(C)c1ccco1. The van der Waals surface area contributed by atoms with E-state index in [1.54, 1.807) is 6.26 Å². The molecule has 1 N–H and O–H groups in total. The molecule has 0 spiro atoms. The summed E-state index contributed by atoms with van der Waals surface area (Å²) in [5.74, 6) is 2.33. The molecule has 1 unspecified atom stereocenters. The fourth-order valence-corrected chi connectivity index (χ4v) is 1.95. The molecule has 0 saturated heterocycles. The Hall–Kier alpha value is -1.55. The van der Waals surface area contributed by atoms with Gasteiger partial charge in [-0.15, -0.1) is 0 Å². The minimum absolute atomic E-state index is 0.0162. The number of anilines is 1. The van der Waals surface area contributed by atoms with Crippen LogP contribution in [0.15, 0.2) is 22.8 Å². The summed E-state index contributed by atoms with van der Waals surface area (Å²) in [4.78, 5) is 8.97. The van der Waals surface area contributed by atoms with Crippen LogP contribution in [0.25, 0.3) is 0 Å². The highest BCUT2D eigenvalue weighted by atomic mass is 35.5. The zero-order chi connectivity index (χ0) is 14.9. The summed E-state index contributed by atoms with van der Waals surface area (Å²) >= 11 is 6.22. The van der Waals surface area contributed by atoms with Crippen molar-refractivity contribution in [3.63, 3.8) is 0 Å². The molecule has 0 fully saturated rings. The Balaban J connectivity index is 2.34. The van der Waals surface area contributed by atoms with Crippen LogP contribution >= 0.6 is 11.6 Å². The van der Waals surface area contributed by atoms with Crippen LogP contribution in [0.3, 0.4) is 0 Å². The molecule has 0 amide bonds. The zero-order valence-electron chi connectivity index (χ0n) is 12.5. The largest absolute Gasteiger partial charge is 0.467 e. The highest BCUT2D eigenvalue weighted by Crippen LogP contribution is 2.28. The van der Waals surface area contributed by atoms with Crippen molar-refractivity contribution in [3.05, 3.63) is 40.7 Å². The maximum Gasteiger partial charge on any atom is 0.137 e. The molecule has 2 aromatic rings. The first-order valence-corrected chi connectivity index (χ1v) is 7.01. The monoisotopic (exact) mass is 293 g/mol. The van der Waals surface area contributed by atoms with Crippen molar-refractivity contribution in [1.29, 1.82) is 0 Å². The molecular formula is C15H20ClN3O. The topological polar surface area (TPSA) is 51.0 Å². The predicted octanol–water partition coefficient (Wildman–Crippen LogP) is 4.50. The number of hydrogen-bond donors (Lipinski definition) is 1. The smallest absolute Gasteiger partial charge is 0.137 e. The third-order valence-corrected chi connectivity index (χ3v) is 3.45. The quantitative estimate of drug-likeness (QED) is 0.846. The molecule has 2 aromatic heterocycles. The first kappa shape index (κ1) is 14.9. The molecule has 20 heavy (non-hydrogen) atoms. The van der Waals surface area contributed by atoms with E-state index in [2.05, 4.69) is 36.1 Å². The molecule has 1 atom stereocenters. The van der Waals surface area contributed by atoms with Gasteiger partial charge in [0.2, 0.25) is 0 Å². The third kappa shape index (κ3) is 3.12. The van der Waals surface area contributed by atoms with Crippen molar-refractivity contribution >= 4 is 17.4 Å². The van der Waals surface area contributed by atoms with Gasteiger partial charge in [0.1, 0.15) is 22.6 Å². The zero-order valence-corrected chi connectivity index (χ0v) is 13.2. The van der Waals surface area contributed by atoms with Gasteiger partial charge in [0.05, 0.1) is 12.3 Å². The van der Waals surface area contributed by atoms with Crippen LogP contribution in [0.5, 0.6) is 0 Å². The fourth-order valence-electron chi connectivity index (χ4n) is 1.78. The summed E-state index contributed by atoms with van der Waals surface area (Å²) in [7, 11) is 0. The Morgan fingerprint density at radius 3 is 2.55 bits per heavy atom. The van der Waals surface area contributed by atoms with Crippen LogP contribution in [0, 0.1) is 6.92 Å². The van der Waals surface area contributed by atoms with Crippen molar-refractivity contribution in [2.24, 2.45) is 0 Å². The molecule has 0 saturated carbocycles. The summed E-state index contributed by atoms with van der Waals surface area (Å²) in [5.41, 5.74) is 0.694. The third-order valence-electron chi connectivity index (χ3n) is 3.08. The van der Waals surface area contributed by atoms with Crippen molar-refractivity contribution in [2.75, 3.05) is 5.32 Å². The first-order chi connectivity index (χ1) is 9.29. The van der Waals surface area contributed by atoms with Gasteiger partial charge in [-0.3, -0.25) is 0 Å². The summed E-state index contributed by atoms with van der Waals surface area (Å²) in [6.45, 7) is 10.1. The minimum atomic E-state index is -0.151. The number of aromatic nitrogens is 2. The lowest BCUT2D eigenvalue weighted by Gasteiger charge is -2.21. The molecule has 4 nitrogen and oxygen atoms in total. The van der Waals surface area contributed by atoms with E-state index in [9.17, 15) is 0 Å². The lowest BCUT2D eigenvalue weighted by molar-refractivity contribution is 0.489. The second-order valence-electron chi connectivity index (χ2n) is 5.94. The Labute approximate surface area is 124 Å². The van der Waals surface area contributed by atoms with E-state index in [4.69, 9.17) is 16.0 Å².